The first-order valence-electron chi connectivity index (χ1n) is 6.63. The number of carbonyl (C=O) groups excluding carboxylic acids is 1. The van der Waals surface area contributed by atoms with Gasteiger partial charge in [-0.2, -0.15) is 0 Å². The Morgan fingerprint density at radius 1 is 1.30 bits per heavy atom. The number of hydrogen-bond donors (Lipinski definition) is 2. The first-order chi connectivity index (χ1) is 9.66. The molecule has 0 unspecified atom stereocenters. The Kier molecular flexibility index (Phi) is 4.85. The average molecular weight is 269 g/mol. The van der Waals surface area contributed by atoms with Crippen LogP contribution in [0, 0.1) is 6.92 Å². The number of pyridine rings is 1. The molecule has 0 fully saturated rings. The fourth-order valence-electron chi connectivity index (χ4n) is 1.97. The van der Waals surface area contributed by atoms with Crippen LogP contribution in [0.2, 0.25) is 0 Å². The van der Waals surface area contributed by atoms with E-state index < -0.39 is 6.04 Å². The predicted molar refractivity (Wildman–Crippen MR) is 78.9 cm³/mol. The Hall–Kier alpha value is -2.20. The highest BCUT2D eigenvalue weighted by molar-refractivity contribution is 5.81. The minimum atomic E-state index is -0.528. The molecule has 0 spiro atoms. The summed E-state index contributed by atoms with van der Waals surface area (Å²) < 4.78 is 0. The van der Waals surface area contributed by atoms with Crippen LogP contribution in [0.3, 0.4) is 0 Å². The van der Waals surface area contributed by atoms with Gasteiger partial charge in [0.1, 0.15) is 0 Å². The maximum absolute atomic E-state index is 12.0. The molecular formula is C16H19N3O. The van der Waals surface area contributed by atoms with E-state index in [9.17, 15) is 4.79 Å². The Bertz CT molecular complexity index is 569. The van der Waals surface area contributed by atoms with E-state index in [0.29, 0.717) is 13.0 Å². The summed E-state index contributed by atoms with van der Waals surface area (Å²) in [6.07, 6.45) is 4.05. The number of aromatic nitrogens is 1. The van der Waals surface area contributed by atoms with Crippen LogP contribution in [-0.4, -0.2) is 16.9 Å². The molecule has 0 aliphatic heterocycles. The highest BCUT2D eigenvalue weighted by Crippen LogP contribution is 2.05. The van der Waals surface area contributed by atoms with Crippen molar-refractivity contribution in [3.63, 3.8) is 0 Å². The fourth-order valence-corrected chi connectivity index (χ4v) is 1.97. The second-order valence-electron chi connectivity index (χ2n) is 4.82. The molecule has 1 aromatic carbocycles. The molecule has 1 heterocycles. The minimum Gasteiger partial charge on any atom is -0.351 e. The fraction of sp³-hybridized carbons (Fsp3) is 0.250. The highest BCUT2D eigenvalue weighted by atomic mass is 16.2. The maximum Gasteiger partial charge on any atom is 0.237 e. The van der Waals surface area contributed by atoms with Crippen molar-refractivity contribution >= 4 is 5.91 Å². The molecule has 4 nitrogen and oxygen atoms in total. The summed E-state index contributed by atoms with van der Waals surface area (Å²) in [7, 11) is 0. The van der Waals surface area contributed by atoms with Crippen LogP contribution in [0.25, 0.3) is 0 Å². The Labute approximate surface area is 119 Å². The number of benzene rings is 1. The van der Waals surface area contributed by atoms with Crippen molar-refractivity contribution in [2.45, 2.75) is 25.9 Å². The molecule has 1 amide bonds. The van der Waals surface area contributed by atoms with Gasteiger partial charge in [-0.05, 0) is 36.1 Å². The summed E-state index contributed by atoms with van der Waals surface area (Å²) in [5.41, 5.74) is 9.11. The van der Waals surface area contributed by atoms with Crippen LogP contribution in [0.4, 0.5) is 0 Å². The van der Waals surface area contributed by atoms with E-state index in [1.54, 1.807) is 12.4 Å². The normalized spacial score (nSPS) is 11.9. The van der Waals surface area contributed by atoms with Crippen molar-refractivity contribution in [3.05, 3.63) is 65.5 Å². The summed E-state index contributed by atoms with van der Waals surface area (Å²) in [6.45, 7) is 2.45. The molecule has 1 atom stereocenters. The van der Waals surface area contributed by atoms with E-state index in [-0.39, 0.29) is 5.91 Å². The molecule has 0 aliphatic carbocycles. The van der Waals surface area contributed by atoms with Crippen molar-refractivity contribution < 1.29 is 4.79 Å². The monoisotopic (exact) mass is 269 g/mol. The molecule has 2 aromatic rings. The first-order valence-corrected chi connectivity index (χ1v) is 6.63. The third-order valence-electron chi connectivity index (χ3n) is 3.22. The molecule has 0 aliphatic rings. The number of amides is 1. The van der Waals surface area contributed by atoms with Gasteiger partial charge in [-0.3, -0.25) is 9.78 Å². The van der Waals surface area contributed by atoms with Gasteiger partial charge in [-0.25, -0.2) is 0 Å². The second-order valence-corrected chi connectivity index (χ2v) is 4.82. The lowest BCUT2D eigenvalue weighted by molar-refractivity contribution is -0.122. The van der Waals surface area contributed by atoms with Crippen LogP contribution in [0.1, 0.15) is 16.7 Å². The van der Waals surface area contributed by atoms with Crippen molar-refractivity contribution in [2.24, 2.45) is 5.73 Å². The van der Waals surface area contributed by atoms with Crippen molar-refractivity contribution in [1.29, 1.82) is 0 Å². The van der Waals surface area contributed by atoms with E-state index in [1.165, 1.54) is 0 Å². The number of hydrogen-bond acceptors (Lipinski definition) is 3. The standard InChI is InChI=1S/C16H19N3O/c1-12-10-18-8-7-14(12)11-19-16(20)15(17)9-13-5-3-2-4-6-13/h2-8,10,15H,9,11,17H2,1H3,(H,19,20)/t15-/m0/s1. The van der Waals surface area contributed by atoms with Gasteiger partial charge in [0.15, 0.2) is 0 Å². The summed E-state index contributed by atoms with van der Waals surface area (Å²) in [5, 5.41) is 2.87. The summed E-state index contributed by atoms with van der Waals surface area (Å²) in [6, 6.07) is 11.2. The molecule has 0 bridgehead atoms. The largest absolute Gasteiger partial charge is 0.351 e. The number of carbonyl (C=O) groups is 1. The molecule has 4 heteroatoms. The zero-order valence-electron chi connectivity index (χ0n) is 11.5. The quantitative estimate of drug-likeness (QED) is 0.866. The van der Waals surface area contributed by atoms with Crippen molar-refractivity contribution in [3.8, 4) is 0 Å². The lowest BCUT2D eigenvalue weighted by Crippen LogP contribution is -2.41. The van der Waals surface area contributed by atoms with Crippen molar-refractivity contribution in [2.75, 3.05) is 0 Å². The van der Waals surface area contributed by atoms with Gasteiger partial charge in [0.05, 0.1) is 6.04 Å². The Morgan fingerprint density at radius 2 is 2.05 bits per heavy atom. The smallest absolute Gasteiger partial charge is 0.237 e. The number of rotatable bonds is 5. The van der Waals surface area contributed by atoms with Crippen LogP contribution < -0.4 is 11.1 Å². The summed E-state index contributed by atoms with van der Waals surface area (Å²) >= 11 is 0. The van der Waals surface area contributed by atoms with E-state index in [1.807, 2.05) is 43.3 Å². The molecule has 20 heavy (non-hydrogen) atoms. The van der Waals surface area contributed by atoms with E-state index in [0.717, 1.165) is 16.7 Å². The van der Waals surface area contributed by atoms with Crippen LogP contribution in [-0.2, 0) is 17.8 Å². The van der Waals surface area contributed by atoms with Crippen LogP contribution >= 0.6 is 0 Å². The SMILES string of the molecule is Cc1cnccc1CNC(=O)[C@@H](N)Cc1ccccc1. The molecule has 0 radical (unpaired) electrons. The molecular weight excluding hydrogens is 250 g/mol. The third kappa shape index (κ3) is 3.90. The molecule has 0 saturated carbocycles. The molecule has 2 rings (SSSR count). The van der Waals surface area contributed by atoms with Gasteiger partial charge < -0.3 is 11.1 Å². The van der Waals surface area contributed by atoms with Crippen LogP contribution in [0.15, 0.2) is 48.8 Å². The third-order valence-corrected chi connectivity index (χ3v) is 3.22. The summed E-state index contributed by atoms with van der Waals surface area (Å²) in [5.74, 6) is -0.134. The van der Waals surface area contributed by atoms with E-state index in [4.69, 9.17) is 5.73 Å². The number of nitrogens with two attached hydrogens (primary N) is 1. The van der Waals surface area contributed by atoms with Crippen molar-refractivity contribution in [1.82, 2.24) is 10.3 Å². The van der Waals surface area contributed by atoms with Gasteiger partial charge in [-0.1, -0.05) is 30.3 Å². The molecule has 3 N–H and O–H groups in total. The maximum atomic E-state index is 12.0. The highest BCUT2D eigenvalue weighted by Gasteiger charge is 2.13. The topological polar surface area (TPSA) is 68.0 Å². The predicted octanol–water partition coefficient (Wildman–Crippen LogP) is 1.58. The van der Waals surface area contributed by atoms with Gasteiger partial charge >= 0.3 is 0 Å². The number of nitrogens with one attached hydrogen (secondary N) is 1. The van der Waals surface area contributed by atoms with Gasteiger partial charge in [0.2, 0.25) is 5.91 Å². The molecule has 1 aromatic heterocycles. The lowest BCUT2D eigenvalue weighted by atomic mass is 10.1. The zero-order valence-corrected chi connectivity index (χ0v) is 11.5. The van der Waals surface area contributed by atoms with Gasteiger partial charge in [0, 0.05) is 18.9 Å². The van der Waals surface area contributed by atoms with Crippen LogP contribution in [0.5, 0.6) is 0 Å². The number of nitrogens with zero attached hydrogens (tertiary/aromatic N) is 1. The van der Waals surface area contributed by atoms with E-state index >= 15 is 0 Å². The first kappa shape index (κ1) is 14.2. The molecule has 104 valence electrons. The summed E-state index contributed by atoms with van der Waals surface area (Å²) in [4.78, 5) is 16.0. The minimum absolute atomic E-state index is 0.134. The molecule has 0 saturated heterocycles. The number of aryl methyl sites for hydroxylation is 1. The Morgan fingerprint density at radius 3 is 2.75 bits per heavy atom. The van der Waals surface area contributed by atoms with Gasteiger partial charge in [-0.15, -0.1) is 0 Å². The average Bonchev–Trinajstić information content (AvgIpc) is 2.47. The van der Waals surface area contributed by atoms with E-state index in [2.05, 4.69) is 10.3 Å². The lowest BCUT2D eigenvalue weighted by Gasteiger charge is -2.13. The second kappa shape index (κ2) is 6.82. The Balaban J connectivity index is 1.87. The van der Waals surface area contributed by atoms with Gasteiger partial charge in [0.25, 0.3) is 0 Å². The zero-order chi connectivity index (χ0) is 14.4.